The molecule has 0 saturated carbocycles. The second-order valence-electron chi connectivity index (χ2n) is 6.94. The lowest BCUT2D eigenvalue weighted by Gasteiger charge is -2.12. The van der Waals surface area contributed by atoms with Crippen LogP contribution in [0.1, 0.15) is 11.1 Å². The second-order valence-corrected chi connectivity index (χ2v) is 7.72. The SMILES string of the molecule is FC(F)(F)c1cccc(CNc2nc(Nc3ccncn3)nc3c2ncn3-c2ccsc2)c1. The van der Waals surface area contributed by atoms with Crippen LogP contribution in [0.25, 0.3) is 16.9 Å². The first-order valence-electron chi connectivity index (χ1n) is 9.68. The van der Waals surface area contributed by atoms with Crippen LogP contribution in [0, 0.1) is 0 Å². The normalized spacial score (nSPS) is 11.6. The third kappa shape index (κ3) is 4.46. The Balaban J connectivity index is 1.51. The van der Waals surface area contributed by atoms with Crippen molar-refractivity contribution in [2.24, 2.45) is 0 Å². The molecule has 5 rings (SSSR count). The van der Waals surface area contributed by atoms with Crippen molar-refractivity contribution < 1.29 is 13.2 Å². The van der Waals surface area contributed by atoms with E-state index in [0.29, 0.717) is 28.4 Å². The van der Waals surface area contributed by atoms with E-state index in [1.807, 2.05) is 21.4 Å². The van der Waals surface area contributed by atoms with Gasteiger partial charge in [-0.15, -0.1) is 0 Å². The van der Waals surface area contributed by atoms with Gasteiger partial charge in [0.05, 0.1) is 11.3 Å². The van der Waals surface area contributed by atoms with Crippen LogP contribution in [-0.2, 0) is 12.7 Å². The molecule has 0 aliphatic heterocycles. The maximum atomic E-state index is 13.1. The zero-order valence-electron chi connectivity index (χ0n) is 16.8. The molecule has 33 heavy (non-hydrogen) atoms. The summed E-state index contributed by atoms with van der Waals surface area (Å²) in [6, 6.07) is 8.74. The average Bonchev–Trinajstić information content (AvgIpc) is 3.48. The van der Waals surface area contributed by atoms with Gasteiger partial charge in [-0.2, -0.15) is 34.5 Å². The van der Waals surface area contributed by atoms with Crippen LogP contribution in [0.2, 0.25) is 0 Å². The first-order valence-corrected chi connectivity index (χ1v) is 10.6. The fourth-order valence-corrected chi connectivity index (χ4v) is 3.81. The lowest BCUT2D eigenvalue weighted by molar-refractivity contribution is -0.137. The Morgan fingerprint density at radius 1 is 1.06 bits per heavy atom. The van der Waals surface area contributed by atoms with E-state index in [1.54, 1.807) is 24.7 Å². The largest absolute Gasteiger partial charge is 0.416 e. The van der Waals surface area contributed by atoms with Gasteiger partial charge in [-0.3, -0.25) is 4.57 Å². The van der Waals surface area contributed by atoms with E-state index < -0.39 is 11.7 Å². The van der Waals surface area contributed by atoms with Crippen LogP contribution in [-0.4, -0.2) is 29.5 Å². The topological polar surface area (TPSA) is 93.4 Å². The molecule has 4 heterocycles. The number of aromatic nitrogens is 6. The van der Waals surface area contributed by atoms with Crippen molar-refractivity contribution in [3.05, 3.63) is 77.1 Å². The lowest BCUT2D eigenvalue weighted by atomic mass is 10.1. The van der Waals surface area contributed by atoms with Crippen molar-refractivity contribution in [1.82, 2.24) is 29.5 Å². The minimum absolute atomic E-state index is 0.119. The molecule has 5 aromatic rings. The number of thiophene rings is 1. The number of benzene rings is 1. The maximum Gasteiger partial charge on any atom is 0.416 e. The zero-order chi connectivity index (χ0) is 22.8. The smallest absolute Gasteiger partial charge is 0.364 e. The fourth-order valence-electron chi connectivity index (χ4n) is 3.19. The van der Waals surface area contributed by atoms with E-state index in [9.17, 15) is 13.2 Å². The number of anilines is 3. The van der Waals surface area contributed by atoms with E-state index >= 15 is 0 Å². The van der Waals surface area contributed by atoms with Gasteiger partial charge in [0.15, 0.2) is 17.0 Å². The van der Waals surface area contributed by atoms with Gasteiger partial charge in [0.25, 0.3) is 0 Å². The van der Waals surface area contributed by atoms with Crippen molar-refractivity contribution in [2.75, 3.05) is 10.6 Å². The molecule has 0 saturated heterocycles. The highest BCUT2D eigenvalue weighted by atomic mass is 32.1. The van der Waals surface area contributed by atoms with Gasteiger partial charge in [-0.05, 0) is 35.2 Å². The number of imidazole rings is 1. The minimum Gasteiger partial charge on any atom is -0.364 e. The summed E-state index contributed by atoms with van der Waals surface area (Å²) < 4.78 is 41.0. The Morgan fingerprint density at radius 2 is 1.97 bits per heavy atom. The van der Waals surface area contributed by atoms with Gasteiger partial charge < -0.3 is 10.6 Å². The van der Waals surface area contributed by atoms with Gasteiger partial charge in [0, 0.05) is 18.1 Å². The first-order chi connectivity index (χ1) is 16.0. The average molecular weight is 468 g/mol. The minimum atomic E-state index is -4.41. The highest BCUT2D eigenvalue weighted by molar-refractivity contribution is 7.08. The van der Waals surface area contributed by atoms with Crippen molar-refractivity contribution in [3.63, 3.8) is 0 Å². The number of nitrogens with one attached hydrogen (secondary N) is 2. The predicted octanol–water partition coefficient (Wildman–Crippen LogP) is 5.04. The van der Waals surface area contributed by atoms with E-state index in [4.69, 9.17) is 0 Å². The number of nitrogens with zero attached hydrogens (tertiary/aromatic N) is 6. The van der Waals surface area contributed by atoms with Crippen LogP contribution in [0.5, 0.6) is 0 Å². The van der Waals surface area contributed by atoms with Gasteiger partial charge in [0.2, 0.25) is 5.95 Å². The van der Waals surface area contributed by atoms with E-state index in [-0.39, 0.29) is 12.5 Å². The summed E-state index contributed by atoms with van der Waals surface area (Å²) in [7, 11) is 0. The molecule has 1 aromatic carbocycles. The maximum absolute atomic E-state index is 13.1. The highest BCUT2D eigenvalue weighted by Crippen LogP contribution is 2.30. The van der Waals surface area contributed by atoms with Crippen molar-refractivity contribution in [2.45, 2.75) is 12.7 Å². The molecule has 0 radical (unpaired) electrons. The summed E-state index contributed by atoms with van der Waals surface area (Å²) >= 11 is 1.54. The summed E-state index contributed by atoms with van der Waals surface area (Å²) in [6.45, 7) is 0.119. The summed E-state index contributed by atoms with van der Waals surface area (Å²) in [5.74, 6) is 1.13. The Labute approximate surface area is 189 Å². The molecule has 12 heteroatoms. The third-order valence-corrected chi connectivity index (χ3v) is 5.39. The van der Waals surface area contributed by atoms with Crippen molar-refractivity contribution in [1.29, 1.82) is 0 Å². The van der Waals surface area contributed by atoms with Crippen molar-refractivity contribution >= 4 is 40.1 Å². The Morgan fingerprint density at radius 3 is 2.73 bits per heavy atom. The van der Waals surface area contributed by atoms with E-state index in [2.05, 4.69) is 35.6 Å². The van der Waals surface area contributed by atoms with E-state index in [0.717, 1.165) is 17.8 Å². The lowest BCUT2D eigenvalue weighted by Crippen LogP contribution is -2.09. The number of hydrogen-bond acceptors (Lipinski definition) is 8. The molecule has 0 spiro atoms. The Hall–Kier alpha value is -4.06. The first kappa shape index (κ1) is 20.8. The fraction of sp³-hybridized carbons (Fsp3) is 0.0952. The monoisotopic (exact) mass is 468 g/mol. The summed E-state index contributed by atoms with van der Waals surface area (Å²) in [4.78, 5) is 21.5. The van der Waals surface area contributed by atoms with E-state index in [1.165, 1.54) is 23.7 Å². The quantitative estimate of drug-likeness (QED) is 0.361. The molecule has 0 aliphatic rings. The van der Waals surface area contributed by atoms with Crippen LogP contribution >= 0.6 is 11.3 Å². The molecular weight excluding hydrogens is 453 g/mol. The van der Waals surface area contributed by atoms with Crippen LogP contribution in [0.15, 0.2) is 66.0 Å². The van der Waals surface area contributed by atoms with Crippen molar-refractivity contribution in [3.8, 4) is 5.69 Å². The Kier molecular flexibility index (Phi) is 5.34. The number of hydrogen-bond donors (Lipinski definition) is 2. The molecule has 0 atom stereocenters. The zero-order valence-corrected chi connectivity index (χ0v) is 17.6. The number of rotatable bonds is 6. The molecule has 0 fully saturated rings. The molecular formula is C21H15F3N8S. The summed E-state index contributed by atoms with van der Waals surface area (Å²) in [5, 5.41) is 10.0. The standard InChI is InChI=1S/C21H15F3N8S/c22-21(23,24)14-3-1-2-13(8-14)9-26-18-17-19(32(12-28-17)15-5-7-33-10-15)31-20(30-18)29-16-4-6-25-11-27-16/h1-8,10-12H,9H2,(H2,25,26,27,29,30,31). The summed E-state index contributed by atoms with van der Waals surface area (Å²) in [6.07, 6.45) is 0.191. The Bertz CT molecular complexity index is 1380. The molecule has 0 unspecified atom stereocenters. The number of alkyl halides is 3. The molecule has 0 amide bonds. The molecule has 8 nitrogen and oxygen atoms in total. The summed E-state index contributed by atoms with van der Waals surface area (Å²) in [5.41, 5.74) is 1.66. The predicted molar refractivity (Wildman–Crippen MR) is 119 cm³/mol. The molecule has 0 bridgehead atoms. The number of fused-ring (bicyclic) bond motifs is 1. The molecule has 4 aromatic heterocycles. The molecule has 166 valence electrons. The van der Waals surface area contributed by atoms with Crippen LogP contribution in [0.4, 0.5) is 30.8 Å². The van der Waals surface area contributed by atoms with Gasteiger partial charge >= 0.3 is 6.18 Å². The van der Waals surface area contributed by atoms with Gasteiger partial charge in [-0.1, -0.05) is 12.1 Å². The van der Waals surface area contributed by atoms with Crippen LogP contribution < -0.4 is 10.6 Å². The van der Waals surface area contributed by atoms with Gasteiger partial charge in [-0.25, -0.2) is 15.0 Å². The second kappa shape index (κ2) is 8.47. The molecule has 2 N–H and O–H groups in total. The molecule has 0 aliphatic carbocycles. The number of halogens is 3. The highest BCUT2D eigenvalue weighted by Gasteiger charge is 2.30. The van der Waals surface area contributed by atoms with Crippen LogP contribution in [0.3, 0.4) is 0 Å². The van der Waals surface area contributed by atoms with Gasteiger partial charge in [0.1, 0.15) is 18.5 Å². The third-order valence-electron chi connectivity index (χ3n) is 4.72.